The van der Waals surface area contributed by atoms with Crippen LogP contribution >= 0.6 is 0 Å². The number of ether oxygens (including phenoxy) is 2. The van der Waals surface area contributed by atoms with Crippen LogP contribution in [0.15, 0.2) is 36.4 Å². The van der Waals surface area contributed by atoms with Gasteiger partial charge in [-0.1, -0.05) is 30.3 Å². The van der Waals surface area contributed by atoms with Crippen LogP contribution in [0.5, 0.6) is 0 Å². The van der Waals surface area contributed by atoms with Crippen molar-refractivity contribution < 1.29 is 14.3 Å². The first-order chi connectivity index (χ1) is 9.34. The van der Waals surface area contributed by atoms with Gasteiger partial charge in [0, 0.05) is 25.7 Å². The first kappa shape index (κ1) is 13.8. The van der Waals surface area contributed by atoms with Gasteiger partial charge in [0.1, 0.15) is 6.61 Å². The Morgan fingerprint density at radius 1 is 1.26 bits per heavy atom. The second-order valence-corrected chi connectivity index (χ2v) is 4.37. The maximum Gasteiger partial charge on any atom is 0.330 e. The Kier molecular flexibility index (Phi) is 5.59. The number of benzene rings is 1. The molecule has 0 atom stereocenters. The molecule has 1 saturated heterocycles. The molecule has 1 heterocycles. The second kappa shape index (κ2) is 7.71. The summed E-state index contributed by atoms with van der Waals surface area (Å²) in [5.74, 6) is -0.294. The van der Waals surface area contributed by atoms with Crippen LogP contribution in [-0.2, 0) is 14.3 Å². The normalized spacial score (nSPS) is 16.6. The van der Waals surface area contributed by atoms with Crippen molar-refractivity contribution in [2.45, 2.75) is 0 Å². The molecule has 0 spiro atoms. The zero-order chi connectivity index (χ0) is 13.3. The highest BCUT2D eigenvalue weighted by Gasteiger charge is 2.10. The molecule has 0 aliphatic carbocycles. The monoisotopic (exact) mass is 261 g/mol. The first-order valence-corrected chi connectivity index (χ1v) is 6.54. The summed E-state index contributed by atoms with van der Waals surface area (Å²) < 4.78 is 10.4. The quantitative estimate of drug-likeness (QED) is 0.596. The van der Waals surface area contributed by atoms with Crippen molar-refractivity contribution >= 4 is 12.0 Å². The topological polar surface area (TPSA) is 38.8 Å². The van der Waals surface area contributed by atoms with E-state index in [1.165, 1.54) is 6.08 Å². The van der Waals surface area contributed by atoms with Gasteiger partial charge in [-0.15, -0.1) is 0 Å². The lowest BCUT2D eigenvalue weighted by atomic mass is 10.2. The lowest BCUT2D eigenvalue weighted by Crippen LogP contribution is -2.38. The summed E-state index contributed by atoms with van der Waals surface area (Å²) in [5.41, 5.74) is 0.993. The predicted octanol–water partition coefficient (Wildman–Crippen LogP) is 1.58. The average molecular weight is 261 g/mol. The third-order valence-electron chi connectivity index (χ3n) is 2.97. The molecular weight excluding hydrogens is 242 g/mol. The SMILES string of the molecule is O=C(/C=C/c1ccccc1)OCCN1CCOCC1. The van der Waals surface area contributed by atoms with Crippen LogP contribution in [0, 0.1) is 0 Å². The fourth-order valence-corrected chi connectivity index (χ4v) is 1.88. The van der Waals surface area contributed by atoms with Crippen LogP contribution in [0.1, 0.15) is 5.56 Å². The summed E-state index contributed by atoms with van der Waals surface area (Å²) in [6, 6.07) is 9.69. The number of rotatable bonds is 5. The second-order valence-electron chi connectivity index (χ2n) is 4.37. The van der Waals surface area contributed by atoms with Crippen molar-refractivity contribution in [2.75, 3.05) is 39.5 Å². The van der Waals surface area contributed by atoms with E-state index >= 15 is 0 Å². The van der Waals surface area contributed by atoms with E-state index in [1.54, 1.807) is 6.08 Å². The van der Waals surface area contributed by atoms with Gasteiger partial charge in [-0.2, -0.15) is 0 Å². The summed E-state index contributed by atoms with van der Waals surface area (Å²) in [6.45, 7) is 4.56. The molecule has 0 bridgehead atoms. The molecule has 0 saturated carbocycles. The van der Waals surface area contributed by atoms with E-state index in [0.717, 1.165) is 38.4 Å². The molecule has 0 N–H and O–H groups in total. The zero-order valence-corrected chi connectivity index (χ0v) is 11.0. The van der Waals surface area contributed by atoms with Crippen molar-refractivity contribution in [1.29, 1.82) is 0 Å². The van der Waals surface area contributed by atoms with Gasteiger partial charge in [-0.05, 0) is 11.6 Å². The summed E-state index contributed by atoms with van der Waals surface area (Å²) >= 11 is 0. The van der Waals surface area contributed by atoms with E-state index in [4.69, 9.17) is 9.47 Å². The molecule has 0 unspecified atom stereocenters. The highest BCUT2D eigenvalue weighted by atomic mass is 16.5. The van der Waals surface area contributed by atoms with Crippen LogP contribution in [-0.4, -0.2) is 50.3 Å². The predicted molar refractivity (Wildman–Crippen MR) is 73.7 cm³/mol. The van der Waals surface area contributed by atoms with E-state index in [1.807, 2.05) is 30.3 Å². The molecule has 102 valence electrons. The molecule has 1 aromatic rings. The number of hydrogen-bond donors (Lipinski definition) is 0. The van der Waals surface area contributed by atoms with Crippen LogP contribution in [0.3, 0.4) is 0 Å². The van der Waals surface area contributed by atoms with Gasteiger partial charge in [-0.25, -0.2) is 4.79 Å². The van der Waals surface area contributed by atoms with Gasteiger partial charge >= 0.3 is 5.97 Å². The van der Waals surface area contributed by atoms with Crippen molar-refractivity contribution in [3.05, 3.63) is 42.0 Å². The van der Waals surface area contributed by atoms with Gasteiger partial charge in [0.05, 0.1) is 13.2 Å². The van der Waals surface area contributed by atoms with Crippen molar-refractivity contribution in [3.8, 4) is 0 Å². The molecule has 0 amide bonds. The highest BCUT2D eigenvalue weighted by Crippen LogP contribution is 2.01. The van der Waals surface area contributed by atoms with E-state index in [-0.39, 0.29) is 5.97 Å². The minimum absolute atomic E-state index is 0.294. The molecule has 0 aromatic heterocycles. The molecule has 4 nitrogen and oxygen atoms in total. The van der Waals surface area contributed by atoms with E-state index in [9.17, 15) is 4.79 Å². The maximum absolute atomic E-state index is 11.5. The third kappa shape index (κ3) is 5.24. The summed E-state index contributed by atoms with van der Waals surface area (Å²) in [4.78, 5) is 13.7. The smallest absolute Gasteiger partial charge is 0.330 e. The van der Waals surface area contributed by atoms with E-state index in [0.29, 0.717) is 6.61 Å². The van der Waals surface area contributed by atoms with Crippen LogP contribution in [0.25, 0.3) is 6.08 Å². The standard InChI is InChI=1S/C15H19NO3/c17-15(7-6-14-4-2-1-3-5-14)19-13-10-16-8-11-18-12-9-16/h1-7H,8-13H2/b7-6+. The fourth-order valence-electron chi connectivity index (χ4n) is 1.88. The Hall–Kier alpha value is -1.65. The Morgan fingerprint density at radius 2 is 2.00 bits per heavy atom. The number of nitrogens with zero attached hydrogens (tertiary/aromatic N) is 1. The number of carbonyl (C=O) groups excluding carboxylic acids is 1. The highest BCUT2D eigenvalue weighted by molar-refractivity contribution is 5.86. The minimum Gasteiger partial charge on any atom is -0.461 e. The van der Waals surface area contributed by atoms with Gasteiger partial charge < -0.3 is 9.47 Å². The molecule has 1 aliphatic rings. The lowest BCUT2D eigenvalue weighted by Gasteiger charge is -2.25. The largest absolute Gasteiger partial charge is 0.461 e. The van der Waals surface area contributed by atoms with Gasteiger partial charge in [-0.3, -0.25) is 4.90 Å². The molecular formula is C15H19NO3. The van der Waals surface area contributed by atoms with Crippen LogP contribution < -0.4 is 0 Å². The van der Waals surface area contributed by atoms with Crippen LogP contribution in [0.2, 0.25) is 0 Å². The van der Waals surface area contributed by atoms with Crippen molar-refractivity contribution in [3.63, 3.8) is 0 Å². The van der Waals surface area contributed by atoms with E-state index in [2.05, 4.69) is 4.90 Å². The van der Waals surface area contributed by atoms with Gasteiger partial charge in [0.15, 0.2) is 0 Å². The molecule has 0 radical (unpaired) electrons. The molecule has 2 rings (SSSR count). The van der Waals surface area contributed by atoms with E-state index < -0.39 is 0 Å². The Morgan fingerprint density at radius 3 is 2.74 bits per heavy atom. The van der Waals surface area contributed by atoms with Gasteiger partial charge in [0.25, 0.3) is 0 Å². The fraction of sp³-hybridized carbons (Fsp3) is 0.400. The minimum atomic E-state index is -0.294. The summed E-state index contributed by atoms with van der Waals surface area (Å²) in [5, 5.41) is 0. The van der Waals surface area contributed by atoms with Crippen LogP contribution in [0.4, 0.5) is 0 Å². The summed E-state index contributed by atoms with van der Waals surface area (Å²) in [6.07, 6.45) is 3.23. The molecule has 19 heavy (non-hydrogen) atoms. The number of hydrogen-bond acceptors (Lipinski definition) is 4. The first-order valence-electron chi connectivity index (χ1n) is 6.54. The molecule has 1 fully saturated rings. The van der Waals surface area contributed by atoms with Crippen molar-refractivity contribution in [1.82, 2.24) is 4.90 Å². The number of morpholine rings is 1. The summed E-state index contributed by atoms with van der Waals surface area (Å²) in [7, 11) is 0. The zero-order valence-electron chi connectivity index (χ0n) is 11.0. The Balaban J connectivity index is 1.65. The number of carbonyl (C=O) groups is 1. The van der Waals surface area contributed by atoms with Crippen molar-refractivity contribution in [2.24, 2.45) is 0 Å². The molecule has 4 heteroatoms. The molecule has 1 aliphatic heterocycles. The van der Waals surface area contributed by atoms with Gasteiger partial charge in [0.2, 0.25) is 0 Å². The maximum atomic E-state index is 11.5. The third-order valence-corrected chi connectivity index (χ3v) is 2.97. The number of esters is 1. The lowest BCUT2D eigenvalue weighted by molar-refractivity contribution is -0.138. The Bertz CT molecular complexity index is 411. The average Bonchev–Trinajstić information content (AvgIpc) is 2.47. The molecule has 1 aromatic carbocycles. The Labute approximate surface area is 113 Å².